The van der Waals surface area contributed by atoms with Gasteiger partial charge in [0.15, 0.2) is 5.96 Å². The molecular weight excluding hydrogens is 437 g/mol. The highest BCUT2D eigenvalue weighted by atomic mass is 127. The quantitative estimate of drug-likeness (QED) is 0.409. The molecule has 0 atom stereocenters. The number of aromatic nitrogens is 1. The predicted octanol–water partition coefficient (Wildman–Crippen LogP) is 3.28. The van der Waals surface area contributed by atoms with Gasteiger partial charge < -0.3 is 15.5 Å². The largest absolute Gasteiger partial charge is 0.363 e. The van der Waals surface area contributed by atoms with E-state index >= 15 is 0 Å². The fraction of sp³-hybridized carbons (Fsp3) is 0.294. The third-order valence-electron chi connectivity index (χ3n) is 3.30. The van der Waals surface area contributed by atoms with Crippen molar-refractivity contribution < 1.29 is 0 Å². The van der Waals surface area contributed by atoms with Gasteiger partial charge >= 0.3 is 0 Å². The van der Waals surface area contributed by atoms with E-state index in [9.17, 15) is 0 Å². The maximum atomic E-state index is 5.99. The zero-order valence-corrected chi connectivity index (χ0v) is 17.2. The second kappa shape index (κ2) is 10.4. The van der Waals surface area contributed by atoms with Crippen LogP contribution in [0.25, 0.3) is 0 Å². The second-order valence-corrected chi connectivity index (χ2v) is 5.76. The van der Waals surface area contributed by atoms with Crippen molar-refractivity contribution >= 4 is 47.4 Å². The number of aliphatic imine (C=N–C) groups is 1. The number of pyridine rings is 1. The van der Waals surface area contributed by atoms with E-state index in [4.69, 9.17) is 11.6 Å². The molecule has 0 radical (unpaired) electrons. The lowest BCUT2D eigenvalue weighted by molar-refractivity contribution is 0.807. The monoisotopic (exact) mass is 459 g/mol. The molecule has 1 aromatic heterocycles. The van der Waals surface area contributed by atoms with E-state index in [1.807, 2.05) is 55.5 Å². The summed E-state index contributed by atoms with van der Waals surface area (Å²) in [5, 5.41) is 7.31. The molecule has 5 nitrogen and oxygen atoms in total. The van der Waals surface area contributed by atoms with Gasteiger partial charge in [-0.2, -0.15) is 0 Å². The van der Waals surface area contributed by atoms with Crippen LogP contribution in [0.15, 0.2) is 47.6 Å². The molecular formula is C17H23ClIN5. The van der Waals surface area contributed by atoms with Crippen molar-refractivity contribution in [2.45, 2.75) is 13.1 Å². The van der Waals surface area contributed by atoms with E-state index in [1.165, 1.54) is 0 Å². The van der Waals surface area contributed by atoms with E-state index in [2.05, 4.69) is 26.7 Å². The third kappa shape index (κ3) is 6.52. The minimum absolute atomic E-state index is 0. The van der Waals surface area contributed by atoms with Crippen molar-refractivity contribution in [2.75, 3.05) is 26.0 Å². The smallest absolute Gasteiger partial charge is 0.191 e. The first-order chi connectivity index (χ1) is 11.1. The van der Waals surface area contributed by atoms with E-state index < -0.39 is 0 Å². The third-order valence-corrected chi connectivity index (χ3v) is 3.54. The summed E-state index contributed by atoms with van der Waals surface area (Å²) in [6, 6.07) is 11.8. The van der Waals surface area contributed by atoms with Gasteiger partial charge in [0.1, 0.15) is 5.82 Å². The van der Waals surface area contributed by atoms with Gasteiger partial charge in [-0.1, -0.05) is 23.7 Å². The van der Waals surface area contributed by atoms with E-state index in [0.717, 1.165) is 27.9 Å². The predicted molar refractivity (Wildman–Crippen MR) is 112 cm³/mol. The number of halogens is 2. The fourth-order valence-corrected chi connectivity index (χ4v) is 2.27. The first-order valence-electron chi connectivity index (χ1n) is 7.39. The average molecular weight is 460 g/mol. The number of guanidine groups is 1. The van der Waals surface area contributed by atoms with Crippen LogP contribution >= 0.6 is 35.6 Å². The fourth-order valence-electron chi connectivity index (χ4n) is 2.05. The number of hydrogen-bond acceptors (Lipinski definition) is 3. The van der Waals surface area contributed by atoms with Gasteiger partial charge in [0, 0.05) is 45.5 Å². The van der Waals surface area contributed by atoms with E-state index in [1.54, 1.807) is 7.05 Å². The second-order valence-electron chi connectivity index (χ2n) is 5.33. The molecule has 0 saturated carbocycles. The molecule has 130 valence electrons. The minimum Gasteiger partial charge on any atom is -0.363 e. The van der Waals surface area contributed by atoms with Gasteiger partial charge in [-0.05, 0) is 35.4 Å². The van der Waals surface area contributed by atoms with Crippen molar-refractivity contribution in [1.82, 2.24) is 15.6 Å². The Bertz CT molecular complexity index is 676. The SMILES string of the molecule is CN=C(NCc1cccc(Cl)c1)NCc1ccnc(N(C)C)c1.I. The number of anilines is 1. The van der Waals surface area contributed by atoms with Crippen molar-refractivity contribution in [3.8, 4) is 0 Å². The molecule has 2 N–H and O–H groups in total. The number of hydrogen-bond donors (Lipinski definition) is 2. The van der Waals surface area contributed by atoms with Crippen LogP contribution in [-0.2, 0) is 13.1 Å². The lowest BCUT2D eigenvalue weighted by Gasteiger charge is -2.14. The molecule has 24 heavy (non-hydrogen) atoms. The summed E-state index contributed by atoms with van der Waals surface area (Å²) < 4.78 is 0. The molecule has 0 fully saturated rings. The first-order valence-corrected chi connectivity index (χ1v) is 7.77. The lowest BCUT2D eigenvalue weighted by Crippen LogP contribution is -2.36. The number of nitrogens with zero attached hydrogens (tertiary/aromatic N) is 3. The summed E-state index contributed by atoms with van der Waals surface area (Å²) in [5.74, 6) is 1.68. The Balaban J connectivity index is 0.00000288. The Kier molecular flexibility index (Phi) is 8.84. The maximum Gasteiger partial charge on any atom is 0.191 e. The van der Waals surface area contributed by atoms with E-state index in [-0.39, 0.29) is 24.0 Å². The topological polar surface area (TPSA) is 52.6 Å². The molecule has 2 aromatic rings. The summed E-state index contributed by atoms with van der Waals surface area (Å²) in [5.41, 5.74) is 2.26. The van der Waals surface area contributed by atoms with Crippen LogP contribution in [0.4, 0.5) is 5.82 Å². The molecule has 7 heteroatoms. The Labute approximate surface area is 165 Å². The Morgan fingerprint density at radius 2 is 1.79 bits per heavy atom. The summed E-state index contributed by atoms with van der Waals surface area (Å²) in [7, 11) is 5.71. The number of benzene rings is 1. The summed E-state index contributed by atoms with van der Waals surface area (Å²) in [4.78, 5) is 10.5. The molecule has 2 rings (SSSR count). The van der Waals surface area contributed by atoms with Crippen LogP contribution < -0.4 is 15.5 Å². The van der Waals surface area contributed by atoms with Crippen LogP contribution in [0.5, 0.6) is 0 Å². The highest BCUT2D eigenvalue weighted by Gasteiger charge is 2.02. The molecule has 1 aromatic carbocycles. The molecule has 0 saturated heterocycles. The van der Waals surface area contributed by atoms with Gasteiger partial charge in [-0.3, -0.25) is 4.99 Å². The van der Waals surface area contributed by atoms with E-state index in [0.29, 0.717) is 13.1 Å². The highest BCUT2D eigenvalue weighted by molar-refractivity contribution is 14.0. The highest BCUT2D eigenvalue weighted by Crippen LogP contribution is 2.10. The van der Waals surface area contributed by atoms with Gasteiger partial charge in [0.05, 0.1) is 0 Å². The summed E-state index contributed by atoms with van der Waals surface area (Å²) >= 11 is 5.99. The lowest BCUT2D eigenvalue weighted by atomic mass is 10.2. The van der Waals surface area contributed by atoms with Crippen molar-refractivity contribution in [3.63, 3.8) is 0 Å². The Morgan fingerprint density at radius 1 is 1.12 bits per heavy atom. The first kappa shape index (κ1) is 20.5. The van der Waals surface area contributed by atoms with Crippen LogP contribution in [0.1, 0.15) is 11.1 Å². The zero-order chi connectivity index (χ0) is 16.7. The van der Waals surface area contributed by atoms with Gasteiger partial charge in [-0.15, -0.1) is 24.0 Å². The molecule has 0 aliphatic heterocycles. The number of nitrogens with one attached hydrogen (secondary N) is 2. The van der Waals surface area contributed by atoms with Gasteiger partial charge in [0.2, 0.25) is 0 Å². The van der Waals surface area contributed by atoms with Crippen LogP contribution in [-0.4, -0.2) is 32.1 Å². The van der Waals surface area contributed by atoms with Gasteiger partial charge in [-0.25, -0.2) is 4.98 Å². The Hall–Kier alpha value is -1.54. The van der Waals surface area contributed by atoms with Crippen molar-refractivity contribution in [2.24, 2.45) is 4.99 Å². The number of rotatable bonds is 5. The van der Waals surface area contributed by atoms with Crippen molar-refractivity contribution in [1.29, 1.82) is 0 Å². The van der Waals surface area contributed by atoms with Crippen LogP contribution in [0, 0.1) is 0 Å². The standard InChI is InChI=1S/C17H22ClN5.HI/c1-19-17(21-11-13-5-4-6-15(18)9-13)22-12-14-7-8-20-16(10-14)23(2)3;/h4-10H,11-12H2,1-3H3,(H2,19,21,22);1H. The molecule has 0 amide bonds. The van der Waals surface area contributed by atoms with Crippen LogP contribution in [0.3, 0.4) is 0 Å². The molecule has 0 unspecified atom stereocenters. The van der Waals surface area contributed by atoms with Crippen LogP contribution in [0.2, 0.25) is 5.02 Å². The normalized spacial score (nSPS) is 10.8. The summed E-state index contributed by atoms with van der Waals surface area (Å²) in [6.45, 7) is 1.35. The molecule has 0 bridgehead atoms. The molecule has 0 aliphatic rings. The van der Waals surface area contributed by atoms with Gasteiger partial charge in [0.25, 0.3) is 0 Å². The zero-order valence-electron chi connectivity index (χ0n) is 14.1. The Morgan fingerprint density at radius 3 is 2.38 bits per heavy atom. The molecule has 1 heterocycles. The molecule has 0 spiro atoms. The maximum absolute atomic E-state index is 5.99. The summed E-state index contributed by atoms with van der Waals surface area (Å²) in [6.07, 6.45) is 1.81. The minimum atomic E-state index is 0. The average Bonchev–Trinajstić information content (AvgIpc) is 2.55. The van der Waals surface area contributed by atoms with Crippen molar-refractivity contribution in [3.05, 3.63) is 58.7 Å². The molecule has 0 aliphatic carbocycles.